The molecule has 0 spiro atoms. The molecule has 0 saturated carbocycles. The quantitative estimate of drug-likeness (QED) is 0.377. The van der Waals surface area contributed by atoms with Gasteiger partial charge in [0, 0.05) is 38.3 Å². The van der Waals surface area contributed by atoms with Crippen molar-refractivity contribution < 1.29 is 9.47 Å². The highest BCUT2D eigenvalue weighted by molar-refractivity contribution is 14.0. The lowest BCUT2D eigenvalue weighted by molar-refractivity contribution is -0.0453. The topological polar surface area (TPSA) is 58.1 Å². The summed E-state index contributed by atoms with van der Waals surface area (Å²) < 4.78 is 11.7. The first-order chi connectivity index (χ1) is 12.3. The highest BCUT2D eigenvalue weighted by Crippen LogP contribution is 2.22. The summed E-state index contributed by atoms with van der Waals surface area (Å²) in [6, 6.07) is 8.73. The molecule has 0 aliphatic carbocycles. The molecule has 2 N–H and O–H groups in total. The molecule has 7 heteroatoms. The van der Waals surface area contributed by atoms with E-state index in [1.165, 1.54) is 19.4 Å². The highest BCUT2D eigenvalue weighted by Gasteiger charge is 2.32. The van der Waals surface area contributed by atoms with Crippen LogP contribution in [-0.2, 0) is 11.3 Å². The summed E-state index contributed by atoms with van der Waals surface area (Å²) in [5.41, 5.74) is 1.13. The Morgan fingerprint density at radius 3 is 3.00 bits per heavy atom. The normalized spacial score (nSPS) is 23.1. The van der Waals surface area contributed by atoms with Crippen molar-refractivity contribution in [2.45, 2.75) is 38.5 Å². The van der Waals surface area contributed by atoms with Crippen molar-refractivity contribution in [3.63, 3.8) is 0 Å². The SMILES string of the molecule is CCOc1ccccc1CNC(=NC)NCC1CN2CCCC2CO1.I. The average molecular weight is 474 g/mol. The highest BCUT2D eigenvalue weighted by atomic mass is 127. The van der Waals surface area contributed by atoms with Crippen LogP contribution in [0.2, 0.25) is 0 Å². The molecule has 2 atom stereocenters. The van der Waals surface area contributed by atoms with Crippen LogP contribution in [0.4, 0.5) is 0 Å². The van der Waals surface area contributed by atoms with E-state index < -0.39 is 0 Å². The van der Waals surface area contributed by atoms with E-state index in [2.05, 4.69) is 26.6 Å². The van der Waals surface area contributed by atoms with E-state index in [-0.39, 0.29) is 30.1 Å². The summed E-state index contributed by atoms with van der Waals surface area (Å²) in [5.74, 6) is 1.71. The predicted octanol–water partition coefficient (Wildman–Crippen LogP) is 2.23. The average Bonchev–Trinajstić information content (AvgIpc) is 3.11. The Morgan fingerprint density at radius 1 is 1.35 bits per heavy atom. The first-order valence-electron chi connectivity index (χ1n) is 9.31. The minimum absolute atomic E-state index is 0. The number of halogens is 1. The van der Waals surface area contributed by atoms with Crippen molar-refractivity contribution in [1.29, 1.82) is 0 Å². The van der Waals surface area contributed by atoms with Gasteiger partial charge in [-0.1, -0.05) is 18.2 Å². The van der Waals surface area contributed by atoms with Gasteiger partial charge in [-0.05, 0) is 32.4 Å². The number of aliphatic imine (C=N–C) groups is 1. The second kappa shape index (κ2) is 10.9. The molecule has 1 aromatic rings. The molecular formula is C19H31IN4O2. The number of hydrogen-bond donors (Lipinski definition) is 2. The molecule has 2 unspecified atom stereocenters. The lowest BCUT2D eigenvalue weighted by atomic mass is 10.2. The number of fused-ring (bicyclic) bond motifs is 1. The Balaban J connectivity index is 0.00000243. The maximum Gasteiger partial charge on any atom is 0.191 e. The minimum Gasteiger partial charge on any atom is -0.494 e. The molecule has 26 heavy (non-hydrogen) atoms. The van der Waals surface area contributed by atoms with Crippen LogP contribution in [0.15, 0.2) is 29.3 Å². The van der Waals surface area contributed by atoms with Crippen LogP contribution in [0.1, 0.15) is 25.3 Å². The molecule has 146 valence electrons. The zero-order chi connectivity index (χ0) is 17.5. The summed E-state index contributed by atoms with van der Waals surface area (Å²) in [4.78, 5) is 6.87. The van der Waals surface area contributed by atoms with Crippen LogP contribution >= 0.6 is 24.0 Å². The third-order valence-corrected chi connectivity index (χ3v) is 4.90. The van der Waals surface area contributed by atoms with Gasteiger partial charge < -0.3 is 20.1 Å². The summed E-state index contributed by atoms with van der Waals surface area (Å²) in [7, 11) is 1.79. The van der Waals surface area contributed by atoms with E-state index in [1.807, 2.05) is 25.1 Å². The van der Waals surface area contributed by atoms with Crippen LogP contribution in [0.3, 0.4) is 0 Å². The van der Waals surface area contributed by atoms with Gasteiger partial charge in [0.05, 0.1) is 19.3 Å². The summed E-state index contributed by atoms with van der Waals surface area (Å²) >= 11 is 0. The number of guanidine groups is 1. The van der Waals surface area contributed by atoms with Gasteiger partial charge >= 0.3 is 0 Å². The van der Waals surface area contributed by atoms with Gasteiger partial charge in [-0.3, -0.25) is 9.89 Å². The number of rotatable bonds is 6. The fourth-order valence-corrected chi connectivity index (χ4v) is 3.57. The molecule has 0 bridgehead atoms. The van der Waals surface area contributed by atoms with E-state index in [9.17, 15) is 0 Å². The summed E-state index contributed by atoms with van der Waals surface area (Å²) in [6.45, 7) is 7.21. The third kappa shape index (κ3) is 5.72. The molecule has 2 saturated heterocycles. The van der Waals surface area contributed by atoms with Gasteiger partial charge in [0.2, 0.25) is 0 Å². The number of ether oxygens (including phenoxy) is 2. The molecule has 2 heterocycles. The molecule has 2 fully saturated rings. The number of para-hydroxylation sites is 1. The number of morpholine rings is 1. The van der Waals surface area contributed by atoms with Crippen LogP contribution in [0, 0.1) is 0 Å². The van der Waals surface area contributed by atoms with E-state index in [0.29, 0.717) is 19.2 Å². The maximum atomic E-state index is 5.99. The Kier molecular flexibility index (Phi) is 8.94. The van der Waals surface area contributed by atoms with Gasteiger partial charge in [-0.2, -0.15) is 0 Å². The number of hydrogen-bond acceptors (Lipinski definition) is 4. The lowest BCUT2D eigenvalue weighted by Gasteiger charge is -2.35. The van der Waals surface area contributed by atoms with Gasteiger partial charge in [0.15, 0.2) is 5.96 Å². The standard InChI is InChI=1S/C19H30N4O2.HI/c1-3-24-18-9-5-4-7-15(18)11-21-19(20-2)22-12-17-13-23-10-6-8-16(23)14-25-17;/h4-5,7,9,16-17H,3,6,8,10-14H2,1-2H3,(H2,20,21,22);1H. The molecule has 2 aliphatic rings. The monoisotopic (exact) mass is 474 g/mol. The van der Waals surface area contributed by atoms with E-state index in [4.69, 9.17) is 9.47 Å². The maximum absolute atomic E-state index is 5.99. The molecule has 6 nitrogen and oxygen atoms in total. The van der Waals surface area contributed by atoms with Gasteiger partial charge in [0.1, 0.15) is 5.75 Å². The zero-order valence-electron chi connectivity index (χ0n) is 15.7. The van der Waals surface area contributed by atoms with Crippen molar-refractivity contribution >= 4 is 29.9 Å². The van der Waals surface area contributed by atoms with Gasteiger partial charge in [-0.15, -0.1) is 24.0 Å². The molecule has 1 aromatic carbocycles. The van der Waals surface area contributed by atoms with Gasteiger partial charge in [0.25, 0.3) is 0 Å². The Morgan fingerprint density at radius 2 is 2.19 bits per heavy atom. The predicted molar refractivity (Wildman–Crippen MR) is 116 cm³/mol. The number of benzene rings is 1. The molecule has 0 amide bonds. The molecular weight excluding hydrogens is 443 g/mol. The number of nitrogens with one attached hydrogen (secondary N) is 2. The minimum atomic E-state index is 0. The van der Waals surface area contributed by atoms with E-state index in [1.54, 1.807) is 7.05 Å². The van der Waals surface area contributed by atoms with Crippen LogP contribution in [-0.4, -0.2) is 62.9 Å². The Hall–Kier alpha value is -1.06. The smallest absolute Gasteiger partial charge is 0.191 e. The van der Waals surface area contributed by atoms with Crippen molar-refractivity contribution in [3.05, 3.63) is 29.8 Å². The fraction of sp³-hybridized carbons (Fsp3) is 0.632. The zero-order valence-corrected chi connectivity index (χ0v) is 18.1. The largest absolute Gasteiger partial charge is 0.494 e. The molecule has 0 aromatic heterocycles. The third-order valence-electron chi connectivity index (χ3n) is 4.90. The first-order valence-corrected chi connectivity index (χ1v) is 9.31. The van der Waals surface area contributed by atoms with Crippen molar-refractivity contribution in [2.75, 3.05) is 39.9 Å². The van der Waals surface area contributed by atoms with E-state index in [0.717, 1.165) is 37.0 Å². The van der Waals surface area contributed by atoms with Crippen molar-refractivity contribution in [3.8, 4) is 5.75 Å². The molecule has 3 rings (SSSR count). The van der Waals surface area contributed by atoms with Crippen molar-refractivity contribution in [1.82, 2.24) is 15.5 Å². The lowest BCUT2D eigenvalue weighted by Crippen LogP contribution is -2.51. The second-order valence-electron chi connectivity index (χ2n) is 6.59. The Bertz CT molecular complexity index is 584. The van der Waals surface area contributed by atoms with Crippen molar-refractivity contribution in [2.24, 2.45) is 4.99 Å². The molecule has 0 radical (unpaired) electrons. The summed E-state index contributed by atoms with van der Waals surface area (Å²) in [6.07, 6.45) is 2.81. The second-order valence-corrected chi connectivity index (χ2v) is 6.59. The first kappa shape index (κ1) is 21.2. The Labute approximate surface area is 173 Å². The molecule has 2 aliphatic heterocycles. The van der Waals surface area contributed by atoms with Crippen LogP contribution in [0.5, 0.6) is 5.75 Å². The summed E-state index contributed by atoms with van der Waals surface area (Å²) in [5, 5.41) is 6.75. The van der Waals surface area contributed by atoms with Gasteiger partial charge in [-0.25, -0.2) is 0 Å². The van der Waals surface area contributed by atoms with E-state index >= 15 is 0 Å². The fourth-order valence-electron chi connectivity index (χ4n) is 3.57. The van der Waals surface area contributed by atoms with Crippen LogP contribution in [0.25, 0.3) is 0 Å². The number of nitrogens with zero attached hydrogens (tertiary/aromatic N) is 2. The van der Waals surface area contributed by atoms with Crippen LogP contribution < -0.4 is 15.4 Å².